The first-order valence-corrected chi connectivity index (χ1v) is 9.04. The Morgan fingerprint density at radius 3 is 2.73 bits per heavy atom. The number of hydrogen-bond acceptors (Lipinski definition) is 4. The van der Waals surface area contributed by atoms with Crippen LogP contribution < -0.4 is 0 Å². The zero-order valence-corrected chi connectivity index (χ0v) is 14.3. The van der Waals surface area contributed by atoms with Gasteiger partial charge in [0.2, 0.25) is 0 Å². The zero-order valence-electron chi connectivity index (χ0n) is 13.4. The fourth-order valence-electron chi connectivity index (χ4n) is 2.45. The Morgan fingerprint density at radius 2 is 2.09 bits per heavy atom. The quantitative estimate of drug-likeness (QED) is 0.854. The molecule has 1 aliphatic heterocycles. The normalized spacial score (nSPS) is 20.0. The van der Waals surface area contributed by atoms with Crippen LogP contribution in [0.2, 0.25) is 0 Å². The van der Waals surface area contributed by atoms with Gasteiger partial charge >= 0.3 is 6.09 Å². The number of hydrogen-bond donors (Lipinski definition) is 0. The minimum atomic E-state index is -0.915. The summed E-state index contributed by atoms with van der Waals surface area (Å²) in [6, 6.07) is 3.78. The molecule has 0 N–H and O–H groups in total. The first kappa shape index (κ1) is 16.9. The molecule has 0 bridgehead atoms. The van der Waals surface area contributed by atoms with Crippen LogP contribution in [-0.2, 0) is 21.3 Å². The van der Waals surface area contributed by atoms with Crippen molar-refractivity contribution in [1.29, 1.82) is 0 Å². The largest absolute Gasteiger partial charge is 0.444 e. The van der Waals surface area contributed by atoms with Crippen LogP contribution >= 0.6 is 0 Å². The number of rotatable bonds is 4. The molecule has 0 aromatic carbocycles. The smallest absolute Gasteiger partial charge is 0.410 e. The summed E-state index contributed by atoms with van der Waals surface area (Å²) in [5.41, 5.74) is 0.564. The van der Waals surface area contributed by atoms with Crippen molar-refractivity contribution in [2.75, 3.05) is 18.8 Å². The summed E-state index contributed by atoms with van der Waals surface area (Å²) in [6.45, 7) is 6.91. The maximum atomic E-state index is 12.2. The zero-order chi connectivity index (χ0) is 16.2. The standard InChI is InChI=1S/C16H24N2O3S/c1-16(2,3)21-15(19)18-9-6-14(10-18)12-22(20)11-13-4-7-17-8-5-13/h4-5,7-8,14H,6,9-12H2,1-3H3. The van der Waals surface area contributed by atoms with Gasteiger partial charge in [-0.25, -0.2) is 4.79 Å². The summed E-state index contributed by atoms with van der Waals surface area (Å²) in [7, 11) is -0.915. The van der Waals surface area contributed by atoms with E-state index in [1.54, 1.807) is 17.3 Å². The average molecular weight is 324 g/mol. The van der Waals surface area contributed by atoms with Gasteiger partial charge in [0, 0.05) is 47.8 Å². The lowest BCUT2D eigenvalue weighted by Crippen LogP contribution is -2.35. The number of likely N-dealkylation sites (tertiary alicyclic amines) is 1. The number of ether oxygens (including phenoxy) is 1. The first-order valence-electron chi connectivity index (χ1n) is 7.55. The van der Waals surface area contributed by atoms with Gasteiger partial charge in [-0.15, -0.1) is 0 Å². The third-order valence-electron chi connectivity index (χ3n) is 3.44. The molecule has 0 saturated carbocycles. The second kappa shape index (κ2) is 7.22. The maximum absolute atomic E-state index is 12.2. The monoisotopic (exact) mass is 324 g/mol. The van der Waals surface area contributed by atoms with Gasteiger partial charge in [-0.1, -0.05) is 0 Å². The Kier molecular flexibility index (Phi) is 5.56. The maximum Gasteiger partial charge on any atom is 0.410 e. The van der Waals surface area contributed by atoms with Crippen molar-refractivity contribution in [3.63, 3.8) is 0 Å². The summed E-state index contributed by atoms with van der Waals surface area (Å²) < 4.78 is 17.6. The SMILES string of the molecule is CC(C)(C)OC(=O)N1CCC(CS(=O)Cc2ccncc2)C1. The van der Waals surface area contributed by atoms with Crippen molar-refractivity contribution in [2.24, 2.45) is 5.92 Å². The van der Waals surface area contributed by atoms with Gasteiger partial charge in [0.05, 0.1) is 0 Å². The van der Waals surface area contributed by atoms with Gasteiger partial charge in [-0.3, -0.25) is 9.19 Å². The van der Waals surface area contributed by atoms with Gasteiger partial charge in [0.1, 0.15) is 5.60 Å². The summed E-state index contributed by atoms with van der Waals surface area (Å²) in [5.74, 6) is 1.46. The van der Waals surface area contributed by atoms with E-state index in [4.69, 9.17) is 4.74 Å². The Labute approximate surface area is 134 Å². The molecule has 1 aliphatic rings. The Balaban J connectivity index is 1.79. The minimum Gasteiger partial charge on any atom is -0.444 e. The van der Waals surface area contributed by atoms with Crippen molar-refractivity contribution in [3.8, 4) is 0 Å². The molecule has 122 valence electrons. The van der Waals surface area contributed by atoms with Gasteiger partial charge in [0.25, 0.3) is 0 Å². The number of nitrogens with zero attached hydrogens (tertiary/aromatic N) is 2. The molecule has 1 aromatic heterocycles. The summed E-state index contributed by atoms with van der Waals surface area (Å²) in [6.07, 6.45) is 4.05. The van der Waals surface area contributed by atoms with E-state index in [0.29, 0.717) is 24.6 Å². The third kappa shape index (κ3) is 5.40. The van der Waals surface area contributed by atoms with Crippen molar-refractivity contribution < 1.29 is 13.7 Å². The molecule has 6 heteroatoms. The van der Waals surface area contributed by atoms with Crippen molar-refractivity contribution in [2.45, 2.75) is 38.5 Å². The van der Waals surface area contributed by atoms with Gasteiger partial charge in [-0.2, -0.15) is 0 Å². The number of carbonyl (C=O) groups excluding carboxylic acids is 1. The predicted octanol–water partition coefficient (Wildman–Crippen LogP) is 2.59. The van der Waals surface area contributed by atoms with Gasteiger partial charge < -0.3 is 9.64 Å². The Morgan fingerprint density at radius 1 is 1.41 bits per heavy atom. The van der Waals surface area contributed by atoms with Gasteiger partial charge in [0.15, 0.2) is 0 Å². The van der Waals surface area contributed by atoms with E-state index in [2.05, 4.69) is 4.98 Å². The Hall–Kier alpha value is -1.43. The lowest BCUT2D eigenvalue weighted by atomic mass is 10.2. The number of amides is 1. The van der Waals surface area contributed by atoms with Crippen molar-refractivity contribution in [1.82, 2.24) is 9.88 Å². The van der Waals surface area contributed by atoms with E-state index in [-0.39, 0.29) is 12.0 Å². The molecule has 2 rings (SSSR count). The molecule has 2 atom stereocenters. The number of aromatic nitrogens is 1. The number of pyridine rings is 1. The van der Waals surface area contributed by atoms with Crippen LogP contribution in [0, 0.1) is 5.92 Å². The lowest BCUT2D eigenvalue weighted by Gasteiger charge is -2.24. The third-order valence-corrected chi connectivity index (χ3v) is 4.93. The highest BCUT2D eigenvalue weighted by Crippen LogP contribution is 2.21. The predicted molar refractivity (Wildman–Crippen MR) is 86.9 cm³/mol. The van der Waals surface area contributed by atoms with Crippen LogP contribution in [0.15, 0.2) is 24.5 Å². The van der Waals surface area contributed by atoms with Crippen LogP contribution in [0.5, 0.6) is 0 Å². The Bertz CT molecular complexity index is 528. The molecule has 0 spiro atoms. The molecular weight excluding hydrogens is 300 g/mol. The van der Waals surface area contributed by atoms with Gasteiger partial charge in [-0.05, 0) is 50.8 Å². The fraction of sp³-hybridized carbons (Fsp3) is 0.625. The first-order chi connectivity index (χ1) is 10.3. The summed E-state index contributed by atoms with van der Waals surface area (Å²) >= 11 is 0. The lowest BCUT2D eigenvalue weighted by molar-refractivity contribution is 0.0289. The van der Waals surface area contributed by atoms with Crippen LogP contribution in [0.25, 0.3) is 0 Å². The van der Waals surface area contributed by atoms with Crippen LogP contribution in [0.4, 0.5) is 4.79 Å². The van der Waals surface area contributed by atoms with E-state index >= 15 is 0 Å². The number of carbonyl (C=O) groups is 1. The molecule has 2 heterocycles. The van der Waals surface area contributed by atoms with Crippen LogP contribution in [0.3, 0.4) is 0 Å². The second-order valence-electron chi connectivity index (χ2n) is 6.69. The topological polar surface area (TPSA) is 59.5 Å². The van der Waals surface area contributed by atoms with E-state index in [9.17, 15) is 9.00 Å². The highest BCUT2D eigenvalue weighted by atomic mass is 32.2. The molecule has 0 radical (unpaired) electrons. The van der Waals surface area contributed by atoms with Crippen molar-refractivity contribution >= 4 is 16.9 Å². The van der Waals surface area contributed by atoms with E-state index < -0.39 is 16.4 Å². The van der Waals surface area contributed by atoms with Crippen LogP contribution in [0.1, 0.15) is 32.8 Å². The fourth-order valence-corrected chi connectivity index (χ4v) is 3.93. The highest BCUT2D eigenvalue weighted by Gasteiger charge is 2.30. The molecule has 1 amide bonds. The summed E-state index contributed by atoms with van der Waals surface area (Å²) in [5, 5.41) is 0. The minimum absolute atomic E-state index is 0.269. The highest BCUT2D eigenvalue weighted by molar-refractivity contribution is 7.84. The molecule has 0 aliphatic carbocycles. The molecule has 22 heavy (non-hydrogen) atoms. The molecule has 1 aromatic rings. The average Bonchev–Trinajstić information content (AvgIpc) is 2.86. The summed E-state index contributed by atoms with van der Waals surface area (Å²) in [4.78, 5) is 17.7. The van der Waals surface area contributed by atoms with Crippen LogP contribution in [-0.4, -0.2) is 44.6 Å². The van der Waals surface area contributed by atoms with E-state index in [1.807, 2.05) is 32.9 Å². The second-order valence-corrected chi connectivity index (χ2v) is 8.19. The van der Waals surface area contributed by atoms with E-state index in [1.165, 1.54) is 0 Å². The van der Waals surface area contributed by atoms with Crippen molar-refractivity contribution in [3.05, 3.63) is 30.1 Å². The molecule has 1 fully saturated rings. The molecule has 1 saturated heterocycles. The molecular formula is C16H24N2O3S. The molecule has 5 nitrogen and oxygen atoms in total. The van der Waals surface area contributed by atoms with E-state index in [0.717, 1.165) is 12.0 Å². The molecule has 2 unspecified atom stereocenters.